The van der Waals surface area contributed by atoms with Gasteiger partial charge in [-0.15, -0.1) is 11.3 Å². The van der Waals surface area contributed by atoms with Crippen molar-refractivity contribution in [1.82, 2.24) is 4.98 Å². The average molecular weight is 471 g/mol. The summed E-state index contributed by atoms with van der Waals surface area (Å²) < 4.78 is 11.6. The monoisotopic (exact) mass is 470 g/mol. The summed E-state index contributed by atoms with van der Waals surface area (Å²) in [6.45, 7) is 1.98. The molecule has 4 aromatic rings. The molecule has 0 atom stereocenters. The molecule has 5 rings (SSSR count). The Bertz CT molecular complexity index is 1320. The van der Waals surface area contributed by atoms with Crippen LogP contribution in [-0.2, 0) is 27.4 Å². The van der Waals surface area contributed by atoms with Crippen LogP contribution in [0.4, 0.5) is 5.69 Å². The Morgan fingerprint density at radius 3 is 2.32 bits per heavy atom. The molecule has 0 unspecified atom stereocenters. The predicted molar refractivity (Wildman–Crippen MR) is 130 cm³/mol. The highest BCUT2D eigenvalue weighted by Crippen LogP contribution is 2.44. The Kier molecular flexibility index (Phi) is 6.10. The number of para-hydroxylation sites is 3. The Morgan fingerprint density at radius 2 is 1.62 bits per heavy atom. The second-order valence-electron chi connectivity index (χ2n) is 7.99. The molecule has 6 nitrogen and oxygen atoms in total. The van der Waals surface area contributed by atoms with Gasteiger partial charge in [0, 0.05) is 22.2 Å². The van der Waals surface area contributed by atoms with Gasteiger partial charge in [-0.2, -0.15) is 0 Å². The van der Waals surface area contributed by atoms with Crippen molar-refractivity contribution >= 4 is 28.9 Å². The van der Waals surface area contributed by atoms with Crippen molar-refractivity contribution < 1.29 is 19.1 Å². The minimum atomic E-state index is -0.570. The van der Waals surface area contributed by atoms with Crippen molar-refractivity contribution in [3.63, 3.8) is 0 Å². The molecular weight excluding hydrogens is 448 g/mol. The molecule has 0 spiro atoms. The summed E-state index contributed by atoms with van der Waals surface area (Å²) in [5.41, 5.74) is 3.95. The van der Waals surface area contributed by atoms with Gasteiger partial charge in [-0.1, -0.05) is 54.6 Å². The van der Waals surface area contributed by atoms with Crippen molar-refractivity contribution in [2.45, 2.75) is 25.9 Å². The first-order valence-corrected chi connectivity index (χ1v) is 11.8. The maximum absolute atomic E-state index is 13.2. The molecule has 0 saturated heterocycles. The topological polar surface area (TPSA) is 77.5 Å². The van der Waals surface area contributed by atoms with Gasteiger partial charge in [-0.05, 0) is 30.7 Å². The molecule has 1 amide bonds. The molecule has 0 saturated carbocycles. The number of carbonyl (C=O) groups is 2. The number of esters is 1. The van der Waals surface area contributed by atoms with Gasteiger partial charge in [0.25, 0.3) is 0 Å². The van der Waals surface area contributed by atoms with E-state index >= 15 is 0 Å². The summed E-state index contributed by atoms with van der Waals surface area (Å²) in [5, 5.41) is 5.39. The summed E-state index contributed by atoms with van der Waals surface area (Å²) in [5.74, 6) is 0.231. The van der Waals surface area contributed by atoms with Crippen molar-refractivity contribution in [3.8, 4) is 11.5 Å². The molecule has 1 aromatic heterocycles. The van der Waals surface area contributed by atoms with Gasteiger partial charge < -0.3 is 14.8 Å². The summed E-state index contributed by atoms with van der Waals surface area (Å²) in [4.78, 5) is 30.0. The van der Waals surface area contributed by atoms with E-state index in [0.29, 0.717) is 22.2 Å². The number of aromatic nitrogens is 1. The fourth-order valence-corrected chi connectivity index (χ4v) is 4.71. The summed E-state index contributed by atoms with van der Waals surface area (Å²) in [6, 6.07) is 22.6. The SMILES string of the molecule is Cc1ccccc1NC(=O)Cc1nc(COC(=O)C2c3ccccc3Oc3ccccc32)cs1. The zero-order valence-electron chi connectivity index (χ0n) is 18.5. The maximum Gasteiger partial charge on any atom is 0.318 e. The Hall–Kier alpha value is -3.97. The summed E-state index contributed by atoms with van der Waals surface area (Å²) >= 11 is 1.37. The number of aryl methyl sites for hydroxylation is 1. The van der Waals surface area contributed by atoms with Crippen LogP contribution >= 0.6 is 11.3 Å². The molecule has 1 aliphatic rings. The Balaban J connectivity index is 1.24. The number of hydrogen-bond acceptors (Lipinski definition) is 6. The number of hydrogen-bond donors (Lipinski definition) is 1. The third-order valence-electron chi connectivity index (χ3n) is 5.61. The van der Waals surface area contributed by atoms with Gasteiger partial charge in [0.2, 0.25) is 5.91 Å². The molecule has 0 aliphatic carbocycles. The molecule has 1 N–H and O–H groups in total. The van der Waals surface area contributed by atoms with E-state index in [-0.39, 0.29) is 24.9 Å². The highest BCUT2D eigenvalue weighted by atomic mass is 32.1. The van der Waals surface area contributed by atoms with E-state index < -0.39 is 5.92 Å². The molecule has 1 aliphatic heterocycles. The molecule has 0 radical (unpaired) electrons. The van der Waals surface area contributed by atoms with E-state index in [4.69, 9.17) is 9.47 Å². The van der Waals surface area contributed by atoms with Crippen LogP contribution in [0.25, 0.3) is 0 Å². The Morgan fingerprint density at radius 1 is 0.971 bits per heavy atom. The van der Waals surface area contributed by atoms with Crippen LogP contribution in [-0.4, -0.2) is 16.9 Å². The minimum absolute atomic E-state index is 0.0381. The van der Waals surface area contributed by atoms with Crippen molar-refractivity contribution in [3.05, 3.63) is 106 Å². The second-order valence-corrected chi connectivity index (χ2v) is 8.93. The van der Waals surface area contributed by atoms with E-state index in [0.717, 1.165) is 22.4 Å². The number of nitrogens with zero attached hydrogens (tertiary/aromatic N) is 1. The number of anilines is 1. The largest absolute Gasteiger partial charge is 0.458 e. The lowest BCUT2D eigenvalue weighted by Crippen LogP contribution is -2.21. The van der Waals surface area contributed by atoms with E-state index in [1.54, 1.807) is 0 Å². The molecule has 2 heterocycles. The van der Waals surface area contributed by atoms with E-state index in [9.17, 15) is 9.59 Å². The summed E-state index contributed by atoms with van der Waals surface area (Å²) in [7, 11) is 0. The fraction of sp³-hybridized carbons (Fsp3) is 0.148. The fourth-order valence-electron chi connectivity index (χ4n) is 3.93. The first-order valence-electron chi connectivity index (χ1n) is 10.9. The normalized spacial score (nSPS) is 12.3. The minimum Gasteiger partial charge on any atom is -0.458 e. The van der Waals surface area contributed by atoms with Crippen LogP contribution < -0.4 is 10.1 Å². The van der Waals surface area contributed by atoms with Gasteiger partial charge in [0.05, 0.1) is 12.1 Å². The van der Waals surface area contributed by atoms with Crippen LogP contribution in [0, 0.1) is 6.92 Å². The molecule has 3 aromatic carbocycles. The summed E-state index contributed by atoms with van der Waals surface area (Å²) in [6.07, 6.45) is 0.160. The van der Waals surface area contributed by atoms with Gasteiger partial charge >= 0.3 is 5.97 Å². The zero-order chi connectivity index (χ0) is 23.5. The number of ether oxygens (including phenoxy) is 2. The van der Waals surface area contributed by atoms with Crippen molar-refractivity contribution in [1.29, 1.82) is 0 Å². The van der Waals surface area contributed by atoms with Crippen LogP contribution in [0.3, 0.4) is 0 Å². The van der Waals surface area contributed by atoms with Gasteiger partial charge in [0.1, 0.15) is 29.0 Å². The first-order chi connectivity index (χ1) is 16.6. The van der Waals surface area contributed by atoms with E-state index in [1.807, 2.05) is 85.1 Å². The van der Waals surface area contributed by atoms with Crippen LogP contribution in [0.5, 0.6) is 11.5 Å². The third-order valence-corrected chi connectivity index (χ3v) is 6.51. The quantitative estimate of drug-likeness (QED) is 0.371. The number of nitrogens with one attached hydrogen (secondary N) is 1. The molecule has 0 bridgehead atoms. The number of benzene rings is 3. The van der Waals surface area contributed by atoms with Crippen molar-refractivity contribution in [2.24, 2.45) is 0 Å². The molecular formula is C27H22N2O4S. The molecule has 34 heavy (non-hydrogen) atoms. The number of carbonyl (C=O) groups excluding carboxylic acids is 2. The highest BCUT2D eigenvalue weighted by Gasteiger charge is 2.33. The average Bonchev–Trinajstić information content (AvgIpc) is 3.29. The standard InChI is InChI=1S/C27H22N2O4S/c1-17-8-2-5-11-21(17)29-24(30)14-25-28-18(16-34-25)15-32-27(31)26-19-9-3-6-12-22(19)33-23-13-7-4-10-20(23)26/h2-13,16,26H,14-15H2,1H3,(H,29,30). The van der Waals surface area contributed by atoms with Crippen molar-refractivity contribution in [2.75, 3.05) is 5.32 Å². The van der Waals surface area contributed by atoms with E-state index in [2.05, 4.69) is 10.3 Å². The first kappa shape index (κ1) is 21.9. The number of rotatable bonds is 6. The highest BCUT2D eigenvalue weighted by molar-refractivity contribution is 7.09. The molecule has 0 fully saturated rings. The Labute approximate surface area is 201 Å². The maximum atomic E-state index is 13.2. The van der Waals surface area contributed by atoms with Gasteiger partial charge in [-0.3, -0.25) is 9.59 Å². The number of fused-ring (bicyclic) bond motifs is 2. The van der Waals surface area contributed by atoms with Gasteiger partial charge in [-0.25, -0.2) is 4.98 Å². The lowest BCUT2D eigenvalue weighted by atomic mass is 9.88. The number of thiazole rings is 1. The molecule has 170 valence electrons. The lowest BCUT2D eigenvalue weighted by molar-refractivity contribution is -0.146. The zero-order valence-corrected chi connectivity index (χ0v) is 19.3. The van der Waals surface area contributed by atoms with Crippen LogP contribution in [0.1, 0.15) is 33.3 Å². The number of amides is 1. The smallest absolute Gasteiger partial charge is 0.318 e. The lowest BCUT2D eigenvalue weighted by Gasteiger charge is -2.26. The predicted octanol–water partition coefficient (Wildman–Crippen LogP) is 5.61. The van der Waals surface area contributed by atoms with E-state index in [1.165, 1.54) is 11.3 Å². The van der Waals surface area contributed by atoms with Crippen LogP contribution in [0.2, 0.25) is 0 Å². The second kappa shape index (κ2) is 9.49. The van der Waals surface area contributed by atoms with Gasteiger partial charge in [0.15, 0.2) is 0 Å². The molecule has 7 heteroatoms. The van der Waals surface area contributed by atoms with Crippen LogP contribution in [0.15, 0.2) is 78.2 Å². The third kappa shape index (κ3) is 4.56.